The lowest BCUT2D eigenvalue weighted by molar-refractivity contribution is -0.142. The van der Waals surface area contributed by atoms with Crippen molar-refractivity contribution >= 4 is 63.1 Å². The van der Waals surface area contributed by atoms with Crippen LogP contribution in [0, 0.1) is 24.0 Å². The number of ether oxygens (including phenoxy) is 1. The van der Waals surface area contributed by atoms with E-state index in [0.717, 1.165) is 103 Å². The zero-order valence-corrected chi connectivity index (χ0v) is 48.4. The highest BCUT2D eigenvalue weighted by molar-refractivity contribution is 7.13. The first-order chi connectivity index (χ1) is 39.5. The Bertz CT molecular complexity index is 3110. The average molecular weight is 1140 g/mol. The van der Waals surface area contributed by atoms with Crippen LogP contribution in [0.5, 0.6) is 0 Å². The molecule has 0 spiro atoms. The average Bonchev–Trinajstić information content (AvgIpc) is 4.26. The van der Waals surface area contributed by atoms with E-state index in [2.05, 4.69) is 51.6 Å². The number of benzene rings is 4. The first kappa shape index (κ1) is 59.8. The van der Waals surface area contributed by atoms with Crippen molar-refractivity contribution in [1.29, 1.82) is 0 Å². The van der Waals surface area contributed by atoms with Gasteiger partial charge in [-0.2, -0.15) is 5.10 Å². The van der Waals surface area contributed by atoms with E-state index in [9.17, 15) is 33.1 Å². The Balaban J connectivity index is 0.669. The molecule has 3 atom stereocenters. The van der Waals surface area contributed by atoms with Crippen LogP contribution < -0.4 is 31.5 Å². The number of β-amino-alcohol motifs (C(OH)–C–C–N with tert-alkyl or cyclic N) is 1. The number of rotatable bonds is 24. The summed E-state index contributed by atoms with van der Waals surface area (Å²) in [6.07, 6.45) is 7.24. The molecular weight excluding hydrogens is 1060 g/mol. The molecule has 3 fully saturated rings. The summed E-state index contributed by atoms with van der Waals surface area (Å²) in [6, 6.07) is 21.8. The van der Waals surface area contributed by atoms with Crippen molar-refractivity contribution in [2.45, 2.75) is 123 Å². The highest BCUT2D eigenvalue weighted by atomic mass is 32.1. The summed E-state index contributed by atoms with van der Waals surface area (Å²) >= 11 is 1.59. The fraction of sp³-hybridized carbons (Fsp3) is 0.484. The number of carbonyl (C=O) groups is 4. The number of thiazole rings is 1. The molecule has 0 saturated carbocycles. The van der Waals surface area contributed by atoms with E-state index in [1.54, 1.807) is 16.2 Å². The van der Waals surface area contributed by atoms with Crippen LogP contribution in [0.25, 0.3) is 21.3 Å². The number of amides is 4. The Morgan fingerprint density at radius 1 is 0.829 bits per heavy atom. The Morgan fingerprint density at radius 3 is 2.24 bits per heavy atom. The number of anilines is 3. The number of nitrogens with zero attached hydrogens (tertiary/aromatic N) is 5. The molecule has 3 aliphatic heterocycles. The summed E-state index contributed by atoms with van der Waals surface area (Å²) in [7, 11) is 0. The Labute approximate surface area is 483 Å². The molecule has 3 aliphatic rings. The first-order valence-corrected chi connectivity index (χ1v) is 29.9. The van der Waals surface area contributed by atoms with Gasteiger partial charge >= 0.3 is 0 Å². The van der Waals surface area contributed by atoms with Gasteiger partial charge in [0.1, 0.15) is 17.7 Å². The van der Waals surface area contributed by atoms with Gasteiger partial charge in [0.15, 0.2) is 5.82 Å². The van der Waals surface area contributed by atoms with Crippen molar-refractivity contribution in [2.75, 3.05) is 81.1 Å². The van der Waals surface area contributed by atoms with Crippen molar-refractivity contribution < 1.29 is 37.8 Å². The number of aliphatic hydroxyl groups is 1. The fourth-order valence-corrected chi connectivity index (χ4v) is 12.1. The van der Waals surface area contributed by atoms with Crippen LogP contribution in [0.3, 0.4) is 0 Å². The minimum atomic E-state index is -0.768. The summed E-state index contributed by atoms with van der Waals surface area (Å²) in [5.41, 5.74) is 8.60. The van der Waals surface area contributed by atoms with Gasteiger partial charge in [-0.3, -0.25) is 29.2 Å². The summed E-state index contributed by atoms with van der Waals surface area (Å²) in [5.74, 6) is -1.67. The standard InChI is InChI=1S/C62H79F2N11O6S/c1-40-56(82-39-68-40)44-14-11-41(12-15-44)36-67-60(79)54-35-49(76)37-75(54)61(80)57(62(2,3)4)66-22-10-8-6-5-7-9-21-65-55(77)38-73-23-25-74(26-24-73)48-16-17-50(53(34-48)69-47-19-27-81-28-20-47)59(78)70-58-51-32-42(13-18-52(51)71-72-58)29-43-30-45(63)33-46(64)31-43/h11-18,30-34,39,47,49,54,57,66,69,76H,5-10,19-29,35-38H2,1-4H3,(H,65,77)(H,67,79)(H2,70,71,72,78)/t49-,54+,57-/m1/s1. The van der Waals surface area contributed by atoms with E-state index in [4.69, 9.17) is 4.74 Å². The highest BCUT2D eigenvalue weighted by Crippen LogP contribution is 2.32. The molecule has 0 radical (unpaired) electrons. The third kappa shape index (κ3) is 16.0. The molecule has 438 valence electrons. The molecule has 0 unspecified atom stereocenters. The zero-order chi connectivity index (χ0) is 57.8. The van der Waals surface area contributed by atoms with E-state index < -0.39 is 35.2 Å². The molecule has 82 heavy (non-hydrogen) atoms. The lowest BCUT2D eigenvalue weighted by Crippen LogP contribution is -2.56. The van der Waals surface area contributed by atoms with Gasteiger partial charge in [0, 0.05) is 94.3 Å². The van der Waals surface area contributed by atoms with Crippen molar-refractivity contribution in [2.24, 2.45) is 5.41 Å². The third-order valence-electron chi connectivity index (χ3n) is 15.8. The van der Waals surface area contributed by atoms with Crippen molar-refractivity contribution in [3.8, 4) is 10.4 Å². The maximum Gasteiger partial charge on any atom is 0.258 e. The van der Waals surface area contributed by atoms with Crippen LogP contribution in [0.2, 0.25) is 0 Å². The number of aryl methyl sites for hydroxylation is 1. The maximum absolute atomic E-state index is 14.1. The van der Waals surface area contributed by atoms with Crippen LogP contribution in [-0.4, -0.2) is 144 Å². The second-order valence-corrected chi connectivity index (χ2v) is 24.0. The van der Waals surface area contributed by atoms with Gasteiger partial charge in [0.2, 0.25) is 17.7 Å². The zero-order valence-electron chi connectivity index (χ0n) is 47.6. The number of fused-ring (bicyclic) bond motifs is 1. The molecule has 0 aliphatic carbocycles. The van der Waals surface area contributed by atoms with Crippen LogP contribution >= 0.6 is 11.3 Å². The van der Waals surface area contributed by atoms with Gasteiger partial charge in [-0.05, 0) is 116 Å². The molecule has 9 rings (SSSR count). The largest absolute Gasteiger partial charge is 0.391 e. The number of H-pyrrole nitrogens is 1. The van der Waals surface area contributed by atoms with Crippen LogP contribution in [0.1, 0.15) is 111 Å². The second-order valence-electron chi connectivity index (χ2n) is 23.2. The van der Waals surface area contributed by atoms with E-state index in [-0.39, 0.29) is 42.6 Å². The maximum atomic E-state index is 14.1. The van der Waals surface area contributed by atoms with E-state index in [0.29, 0.717) is 92.4 Å². The van der Waals surface area contributed by atoms with Gasteiger partial charge in [-0.15, -0.1) is 11.3 Å². The number of aromatic nitrogens is 3. The van der Waals surface area contributed by atoms with Crippen molar-refractivity contribution in [3.63, 3.8) is 0 Å². The molecular formula is C62H79F2N11O6S. The predicted molar refractivity (Wildman–Crippen MR) is 318 cm³/mol. The van der Waals surface area contributed by atoms with Gasteiger partial charge in [0.05, 0.1) is 45.9 Å². The van der Waals surface area contributed by atoms with Gasteiger partial charge < -0.3 is 46.2 Å². The smallest absolute Gasteiger partial charge is 0.258 e. The molecule has 5 heterocycles. The van der Waals surface area contributed by atoms with Crippen LogP contribution in [0.4, 0.5) is 26.0 Å². The number of nitrogens with one attached hydrogen (secondary N) is 6. The van der Waals surface area contributed by atoms with Gasteiger partial charge in [-0.25, -0.2) is 13.8 Å². The quantitative estimate of drug-likeness (QED) is 0.0285. The lowest BCUT2D eigenvalue weighted by atomic mass is 9.85. The Kier molecular flexibility index (Phi) is 20.4. The number of piperazine rings is 1. The minimum absolute atomic E-state index is 0.0169. The molecule has 20 heteroatoms. The Morgan fingerprint density at radius 2 is 1.54 bits per heavy atom. The lowest BCUT2D eigenvalue weighted by Gasteiger charge is -2.36. The number of hydrogen-bond acceptors (Lipinski definition) is 13. The summed E-state index contributed by atoms with van der Waals surface area (Å²) in [6.45, 7) is 14.2. The minimum Gasteiger partial charge on any atom is -0.391 e. The van der Waals surface area contributed by atoms with Gasteiger partial charge in [0.25, 0.3) is 5.91 Å². The van der Waals surface area contributed by atoms with Crippen molar-refractivity contribution in [1.82, 2.24) is 40.9 Å². The van der Waals surface area contributed by atoms with Gasteiger partial charge in [-0.1, -0.05) is 76.8 Å². The van der Waals surface area contributed by atoms with E-state index in [1.807, 2.05) is 93.9 Å². The second kappa shape index (κ2) is 28.0. The summed E-state index contributed by atoms with van der Waals surface area (Å²) in [5, 5.41) is 35.0. The SMILES string of the molecule is Cc1ncsc1-c1ccc(CNC(=O)[C@@H]2C[C@@H](O)CN2C(=O)[C@@H](NCCCCCCCCNC(=O)CN2CCN(c3ccc(C(=O)Nc4n[nH]c5ccc(Cc6cc(F)cc(F)c6)cc45)c(NC4CCOCC4)c3)CC2)C(C)(C)C)cc1. The third-order valence-corrected chi connectivity index (χ3v) is 16.8. The molecule has 2 aromatic heterocycles. The first-order valence-electron chi connectivity index (χ1n) is 29.0. The van der Waals surface area contributed by atoms with E-state index >= 15 is 0 Å². The number of halogens is 2. The number of unbranched alkanes of at least 4 members (excludes halogenated alkanes) is 5. The molecule has 4 aromatic carbocycles. The predicted octanol–water partition coefficient (Wildman–Crippen LogP) is 8.57. The molecule has 0 bridgehead atoms. The molecule has 17 nitrogen and oxygen atoms in total. The Hall–Kier alpha value is -6.84. The van der Waals surface area contributed by atoms with Crippen LogP contribution in [-0.2, 0) is 32.1 Å². The molecule has 6 aromatic rings. The normalized spacial score (nSPS) is 17.5. The summed E-state index contributed by atoms with van der Waals surface area (Å²) in [4.78, 5) is 66.2. The van der Waals surface area contributed by atoms with Crippen LogP contribution in [0.15, 0.2) is 84.4 Å². The number of carbonyl (C=O) groups excluding carboxylic acids is 4. The van der Waals surface area contributed by atoms with Crippen molar-refractivity contribution in [3.05, 3.63) is 124 Å². The fourth-order valence-electron chi connectivity index (χ4n) is 11.2. The molecule has 7 N–H and O–H groups in total. The molecule has 4 amide bonds. The number of aliphatic hydroxyl groups excluding tert-OH is 1. The number of hydrogen-bond donors (Lipinski definition) is 7. The summed E-state index contributed by atoms with van der Waals surface area (Å²) < 4.78 is 33.5. The van der Waals surface area contributed by atoms with E-state index in [1.165, 1.54) is 12.1 Å². The highest BCUT2D eigenvalue weighted by Gasteiger charge is 2.44. The topological polar surface area (TPSA) is 209 Å². The monoisotopic (exact) mass is 1140 g/mol. The molecule has 3 saturated heterocycles. The number of likely N-dealkylation sites (tertiary alicyclic amines) is 1. The number of aromatic amines is 1.